The van der Waals surface area contributed by atoms with Gasteiger partial charge in [0.2, 0.25) is 11.8 Å². The van der Waals surface area contributed by atoms with Crippen LogP contribution in [0.3, 0.4) is 0 Å². The quantitative estimate of drug-likeness (QED) is 0.450. The number of hydrogen-bond acceptors (Lipinski definition) is 7. The highest BCUT2D eigenvalue weighted by Crippen LogP contribution is 2.32. The summed E-state index contributed by atoms with van der Waals surface area (Å²) < 4.78 is 26.9. The van der Waals surface area contributed by atoms with Gasteiger partial charge in [0.05, 0.1) is 0 Å². The molecule has 0 unspecified atom stereocenters. The number of hydrogen-bond donors (Lipinski definition) is 1. The lowest BCUT2D eigenvalue weighted by Crippen LogP contribution is -2.52. The van der Waals surface area contributed by atoms with Gasteiger partial charge in [0.25, 0.3) is 5.91 Å². The first-order valence-corrected chi connectivity index (χ1v) is 14.7. The van der Waals surface area contributed by atoms with Crippen LogP contribution in [0.15, 0.2) is 42.5 Å². The molecule has 0 saturated carbocycles. The standard InChI is InChI=1S/C32H33FN4O5/c33-26-14-19(13-21-1-4-27(34-30(21)26)20-8-11-41-12-9-20)16-36-10-7-24(18-36)42-23-2-3-25-22(15-23)17-37(32(25)40)28-5-6-29(38)35-31(28)39/h1-4,13-15,20,24,28H,5-12,16-18H2,(H,35,38,39)/t24-,28-/m0/s1. The fourth-order valence-electron chi connectivity index (χ4n) is 6.69. The van der Waals surface area contributed by atoms with Crippen LogP contribution in [0, 0.1) is 5.82 Å². The summed E-state index contributed by atoms with van der Waals surface area (Å²) in [5, 5.41) is 3.14. The molecule has 3 fully saturated rings. The Kier molecular flexibility index (Phi) is 7.11. The highest BCUT2D eigenvalue weighted by Gasteiger charge is 2.39. The minimum absolute atomic E-state index is 0.0274. The molecule has 9 nitrogen and oxygen atoms in total. The summed E-state index contributed by atoms with van der Waals surface area (Å²) in [6.45, 7) is 3.92. The van der Waals surface area contributed by atoms with Crippen LogP contribution in [0.2, 0.25) is 0 Å². The molecule has 3 aromatic rings. The number of imide groups is 1. The molecule has 2 aromatic carbocycles. The number of benzene rings is 2. The van der Waals surface area contributed by atoms with Gasteiger partial charge in [0, 0.05) is 68.4 Å². The van der Waals surface area contributed by atoms with Gasteiger partial charge in [-0.3, -0.25) is 24.6 Å². The van der Waals surface area contributed by atoms with Crippen LogP contribution in [0.25, 0.3) is 10.9 Å². The Morgan fingerprint density at radius 3 is 2.71 bits per heavy atom. The minimum Gasteiger partial charge on any atom is -0.489 e. The zero-order chi connectivity index (χ0) is 28.8. The average molecular weight is 573 g/mol. The van der Waals surface area contributed by atoms with Gasteiger partial charge >= 0.3 is 0 Å². The van der Waals surface area contributed by atoms with Crippen molar-refractivity contribution < 1.29 is 28.2 Å². The topological polar surface area (TPSA) is 101 Å². The number of nitrogens with one attached hydrogen (secondary N) is 1. The first-order valence-electron chi connectivity index (χ1n) is 14.7. The van der Waals surface area contributed by atoms with Crippen LogP contribution in [0.1, 0.15) is 65.2 Å². The average Bonchev–Trinajstić information content (AvgIpc) is 3.56. The minimum atomic E-state index is -0.639. The summed E-state index contributed by atoms with van der Waals surface area (Å²) in [5.74, 6) is -0.208. The van der Waals surface area contributed by atoms with E-state index in [-0.39, 0.29) is 30.2 Å². The third-order valence-electron chi connectivity index (χ3n) is 8.90. The Labute approximate surface area is 243 Å². The molecular weight excluding hydrogens is 539 g/mol. The predicted octanol–water partition coefficient (Wildman–Crippen LogP) is 3.68. The van der Waals surface area contributed by atoms with Crippen LogP contribution < -0.4 is 10.1 Å². The summed E-state index contributed by atoms with van der Waals surface area (Å²) in [6.07, 6.45) is 3.20. The number of fused-ring (bicyclic) bond motifs is 2. The van der Waals surface area contributed by atoms with Crippen molar-refractivity contribution in [3.8, 4) is 5.75 Å². The Morgan fingerprint density at radius 2 is 1.88 bits per heavy atom. The summed E-state index contributed by atoms with van der Waals surface area (Å²) in [7, 11) is 0. The van der Waals surface area contributed by atoms with Crippen molar-refractivity contribution in [2.75, 3.05) is 26.3 Å². The van der Waals surface area contributed by atoms with Gasteiger partial charge < -0.3 is 14.4 Å². The van der Waals surface area contributed by atoms with E-state index in [9.17, 15) is 14.4 Å². The summed E-state index contributed by atoms with van der Waals surface area (Å²) in [6, 6.07) is 12.4. The summed E-state index contributed by atoms with van der Waals surface area (Å²) >= 11 is 0. The zero-order valence-electron chi connectivity index (χ0n) is 23.3. The molecule has 42 heavy (non-hydrogen) atoms. The highest BCUT2D eigenvalue weighted by molar-refractivity contribution is 6.05. The highest BCUT2D eigenvalue weighted by atomic mass is 19.1. The molecular formula is C32H33FN4O5. The van der Waals surface area contributed by atoms with E-state index in [1.54, 1.807) is 18.2 Å². The molecule has 0 radical (unpaired) electrons. The molecule has 4 aliphatic rings. The lowest BCUT2D eigenvalue weighted by molar-refractivity contribution is -0.136. The second kappa shape index (κ2) is 11.1. The maximum absolute atomic E-state index is 15.2. The fraction of sp³-hybridized carbons (Fsp3) is 0.438. The Morgan fingerprint density at radius 1 is 1.02 bits per heavy atom. The summed E-state index contributed by atoms with van der Waals surface area (Å²) in [5.41, 5.74) is 3.66. The largest absolute Gasteiger partial charge is 0.489 e. The Hall–Kier alpha value is -3.89. The third kappa shape index (κ3) is 5.25. The molecule has 0 spiro atoms. The predicted molar refractivity (Wildman–Crippen MR) is 151 cm³/mol. The number of likely N-dealkylation sites (tertiary alicyclic amines) is 1. The van der Waals surface area contributed by atoms with Crippen molar-refractivity contribution in [2.45, 2.75) is 63.3 Å². The van der Waals surface area contributed by atoms with E-state index in [1.165, 1.54) is 4.90 Å². The number of carbonyl (C=O) groups is 3. The van der Waals surface area contributed by atoms with Gasteiger partial charge in [0.15, 0.2) is 0 Å². The van der Waals surface area contributed by atoms with Crippen molar-refractivity contribution in [3.05, 3.63) is 70.7 Å². The van der Waals surface area contributed by atoms with E-state index in [0.717, 1.165) is 61.2 Å². The number of ether oxygens (including phenoxy) is 2. The van der Waals surface area contributed by atoms with E-state index in [4.69, 9.17) is 9.47 Å². The van der Waals surface area contributed by atoms with E-state index in [2.05, 4.69) is 15.2 Å². The molecule has 10 heteroatoms. The molecule has 218 valence electrons. The maximum Gasteiger partial charge on any atom is 0.255 e. The number of nitrogens with zero attached hydrogens (tertiary/aromatic N) is 3. The van der Waals surface area contributed by atoms with Crippen LogP contribution in [0.5, 0.6) is 5.75 Å². The zero-order valence-corrected chi connectivity index (χ0v) is 23.3. The van der Waals surface area contributed by atoms with E-state index >= 15 is 4.39 Å². The first kappa shape index (κ1) is 27.0. The van der Waals surface area contributed by atoms with Crippen molar-refractivity contribution in [1.82, 2.24) is 20.1 Å². The molecule has 1 aromatic heterocycles. The lowest BCUT2D eigenvalue weighted by Gasteiger charge is -2.29. The number of carbonyl (C=O) groups excluding carboxylic acids is 3. The van der Waals surface area contributed by atoms with Gasteiger partial charge in [-0.2, -0.15) is 0 Å². The second-order valence-corrected chi connectivity index (χ2v) is 11.8. The van der Waals surface area contributed by atoms with Crippen molar-refractivity contribution in [1.29, 1.82) is 0 Å². The van der Waals surface area contributed by atoms with Crippen LogP contribution in [-0.4, -0.2) is 71.0 Å². The van der Waals surface area contributed by atoms with Crippen molar-refractivity contribution in [2.24, 2.45) is 0 Å². The van der Waals surface area contributed by atoms with Gasteiger partial charge in [-0.05, 0) is 73.2 Å². The Balaban J connectivity index is 0.977. The molecule has 4 aliphatic heterocycles. The van der Waals surface area contributed by atoms with E-state index in [1.807, 2.05) is 24.3 Å². The molecule has 3 saturated heterocycles. The van der Waals surface area contributed by atoms with Gasteiger partial charge in [0.1, 0.15) is 29.2 Å². The fourth-order valence-corrected chi connectivity index (χ4v) is 6.69. The number of piperidine rings is 1. The van der Waals surface area contributed by atoms with Gasteiger partial charge in [-0.25, -0.2) is 9.37 Å². The van der Waals surface area contributed by atoms with Gasteiger partial charge in [-0.15, -0.1) is 0 Å². The molecule has 5 heterocycles. The third-order valence-corrected chi connectivity index (χ3v) is 8.90. The molecule has 1 N–H and O–H groups in total. The first-order chi connectivity index (χ1) is 20.4. The van der Waals surface area contributed by atoms with Crippen LogP contribution in [-0.2, 0) is 27.4 Å². The monoisotopic (exact) mass is 572 g/mol. The van der Waals surface area contributed by atoms with Crippen molar-refractivity contribution in [3.63, 3.8) is 0 Å². The molecule has 2 atom stereocenters. The molecule has 7 rings (SSSR count). The van der Waals surface area contributed by atoms with Crippen LogP contribution in [0.4, 0.5) is 4.39 Å². The summed E-state index contributed by atoms with van der Waals surface area (Å²) in [4.78, 5) is 45.3. The molecule has 0 aliphatic carbocycles. The van der Waals surface area contributed by atoms with Crippen molar-refractivity contribution >= 4 is 28.6 Å². The Bertz CT molecular complexity index is 1570. The SMILES string of the molecule is O=C1CC[C@H](N2Cc3cc(O[C@H]4CCN(Cc5cc(F)c6nc(C7CCOCC7)ccc6c5)C4)ccc3C2=O)C(=O)N1. The van der Waals surface area contributed by atoms with E-state index in [0.29, 0.717) is 48.8 Å². The number of pyridine rings is 1. The van der Waals surface area contributed by atoms with E-state index < -0.39 is 11.9 Å². The second-order valence-electron chi connectivity index (χ2n) is 11.8. The molecule has 3 amide bonds. The normalized spacial score (nSPS) is 23.5. The number of rotatable bonds is 6. The van der Waals surface area contributed by atoms with Gasteiger partial charge in [-0.1, -0.05) is 6.07 Å². The molecule has 0 bridgehead atoms. The number of amides is 3. The van der Waals surface area contributed by atoms with Crippen LogP contribution >= 0.6 is 0 Å². The lowest BCUT2D eigenvalue weighted by atomic mass is 9.95. The number of halogens is 1. The number of aromatic nitrogens is 1. The maximum atomic E-state index is 15.2. The smallest absolute Gasteiger partial charge is 0.255 e.